The van der Waals surface area contributed by atoms with E-state index in [0.29, 0.717) is 17.8 Å². The number of hydrogen-bond donors (Lipinski definition) is 2. The van der Waals surface area contributed by atoms with Gasteiger partial charge in [0.05, 0.1) is 0 Å². The van der Waals surface area contributed by atoms with Gasteiger partial charge in [0.25, 0.3) is 0 Å². The van der Waals surface area contributed by atoms with Gasteiger partial charge in [0.2, 0.25) is 5.91 Å². The lowest BCUT2D eigenvalue weighted by atomic mass is 9.94. The maximum absolute atomic E-state index is 11.9. The Labute approximate surface area is 118 Å². The smallest absolute Gasteiger partial charge is 0.220 e. The molecule has 0 aliphatic heterocycles. The van der Waals surface area contributed by atoms with Crippen molar-refractivity contribution in [2.75, 3.05) is 13.1 Å². The molecule has 19 heavy (non-hydrogen) atoms. The lowest BCUT2D eigenvalue weighted by Crippen LogP contribution is -2.30. The molecule has 0 aromatic heterocycles. The van der Waals surface area contributed by atoms with Gasteiger partial charge in [-0.05, 0) is 50.0 Å². The first-order valence-corrected chi connectivity index (χ1v) is 8.12. The molecule has 1 rings (SSSR count). The Morgan fingerprint density at radius 3 is 2.47 bits per heavy atom. The van der Waals surface area contributed by atoms with Gasteiger partial charge in [0, 0.05) is 13.0 Å². The van der Waals surface area contributed by atoms with E-state index in [9.17, 15) is 4.79 Å². The van der Waals surface area contributed by atoms with Crippen LogP contribution in [0.4, 0.5) is 0 Å². The van der Waals surface area contributed by atoms with Crippen molar-refractivity contribution in [1.29, 1.82) is 0 Å². The molecule has 1 fully saturated rings. The lowest BCUT2D eigenvalue weighted by molar-refractivity contribution is -0.121. The molecule has 3 N–H and O–H groups in total. The quantitative estimate of drug-likeness (QED) is 0.604. The first-order chi connectivity index (χ1) is 9.15. The summed E-state index contributed by atoms with van der Waals surface area (Å²) in [6.07, 6.45) is 10.2. The molecule has 1 saturated carbocycles. The summed E-state index contributed by atoms with van der Waals surface area (Å²) in [4.78, 5) is 11.9. The summed E-state index contributed by atoms with van der Waals surface area (Å²) < 4.78 is 0. The minimum atomic E-state index is 0.237. The van der Waals surface area contributed by atoms with Crippen molar-refractivity contribution < 1.29 is 4.79 Å². The van der Waals surface area contributed by atoms with Gasteiger partial charge in [0.15, 0.2) is 0 Å². The fourth-order valence-corrected chi connectivity index (χ4v) is 3.01. The highest BCUT2D eigenvalue weighted by Gasteiger charge is 2.41. The molecule has 3 heteroatoms. The third-order valence-corrected chi connectivity index (χ3v) is 4.45. The van der Waals surface area contributed by atoms with Gasteiger partial charge in [-0.15, -0.1) is 0 Å². The molecule has 0 spiro atoms. The van der Waals surface area contributed by atoms with E-state index in [1.165, 1.54) is 38.5 Å². The topological polar surface area (TPSA) is 55.1 Å². The minimum absolute atomic E-state index is 0.237. The Bertz CT molecular complexity index is 255. The maximum atomic E-state index is 11.9. The number of carbonyl (C=O) groups excluding carboxylic acids is 1. The molecule has 1 atom stereocenters. The number of carbonyl (C=O) groups is 1. The maximum Gasteiger partial charge on any atom is 0.220 e. The molecule has 0 heterocycles. The zero-order valence-corrected chi connectivity index (χ0v) is 12.8. The van der Waals surface area contributed by atoms with Crippen LogP contribution in [0.25, 0.3) is 0 Å². The van der Waals surface area contributed by atoms with Crippen molar-refractivity contribution in [1.82, 2.24) is 5.32 Å². The molecule has 0 saturated heterocycles. The Morgan fingerprint density at radius 1 is 1.21 bits per heavy atom. The number of hydrogen-bond acceptors (Lipinski definition) is 2. The van der Waals surface area contributed by atoms with Gasteiger partial charge < -0.3 is 11.1 Å². The Kier molecular flexibility index (Phi) is 7.44. The molecule has 0 aromatic carbocycles. The van der Waals surface area contributed by atoms with Crippen LogP contribution in [0.15, 0.2) is 0 Å². The van der Waals surface area contributed by atoms with E-state index in [1.807, 2.05) is 0 Å². The highest BCUT2D eigenvalue weighted by molar-refractivity contribution is 5.75. The molecule has 1 amide bonds. The van der Waals surface area contributed by atoms with E-state index in [2.05, 4.69) is 19.2 Å². The summed E-state index contributed by atoms with van der Waals surface area (Å²) >= 11 is 0. The average molecular weight is 268 g/mol. The second-order valence-electron chi connectivity index (χ2n) is 6.30. The van der Waals surface area contributed by atoms with Gasteiger partial charge in [-0.2, -0.15) is 0 Å². The highest BCUT2D eigenvalue weighted by atomic mass is 16.1. The molecular formula is C16H32N2O. The monoisotopic (exact) mass is 268 g/mol. The van der Waals surface area contributed by atoms with Gasteiger partial charge >= 0.3 is 0 Å². The van der Waals surface area contributed by atoms with E-state index in [-0.39, 0.29) is 5.91 Å². The largest absolute Gasteiger partial charge is 0.356 e. The van der Waals surface area contributed by atoms with Crippen LogP contribution in [-0.2, 0) is 4.79 Å². The van der Waals surface area contributed by atoms with Crippen molar-refractivity contribution in [2.45, 2.75) is 71.6 Å². The molecule has 1 unspecified atom stereocenters. The summed E-state index contributed by atoms with van der Waals surface area (Å²) in [7, 11) is 0. The van der Waals surface area contributed by atoms with Gasteiger partial charge in [-0.25, -0.2) is 0 Å². The number of amides is 1. The summed E-state index contributed by atoms with van der Waals surface area (Å²) in [5.74, 6) is 0.867. The van der Waals surface area contributed by atoms with Crippen molar-refractivity contribution in [3.63, 3.8) is 0 Å². The summed E-state index contributed by atoms with van der Waals surface area (Å²) in [5.41, 5.74) is 6.09. The normalized spacial score (nSPS) is 18.1. The van der Waals surface area contributed by atoms with Gasteiger partial charge in [-0.1, -0.05) is 33.1 Å². The van der Waals surface area contributed by atoms with Crippen LogP contribution in [0.5, 0.6) is 0 Å². The van der Waals surface area contributed by atoms with E-state index < -0.39 is 0 Å². The first kappa shape index (κ1) is 16.5. The third-order valence-electron chi connectivity index (χ3n) is 4.45. The number of nitrogens with two attached hydrogens (primary N) is 1. The molecular weight excluding hydrogens is 236 g/mol. The van der Waals surface area contributed by atoms with E-state index >= 15 is 0 Å². The van der Waals surface area contributed by atoms with Crippen LogP contribution in [0.1, 0.15) is 71.6 Å². The van der Waals surface area contributed by atoms with Gasteiger partial charge in [-0.3, -0.25) is 4.79 Å². The molecule has 1 aliphatic rings. The first-order valence-electron chi connectivity index (χ1n) is 8.12. The predicted octanol–water partition coefficient (Wildman–Crippen LogP) is 3.23. The van der Waals surface area contributed by atoms with Crippen molar-refractivity contribution in [3.05, 3.63) is 0 Å². The molecule has 3 nitrogen and oxygen atoms in total. The summed E-state index contributed by atoms with van der Waals surface area (Å²) in [5, 5.41) is 3.14. The van der Waals surface area contributed by atoms with Crippen LogP contribution in [0, 0.1) is 11.3 Å². The lowest BCUT2D eigenvalue weighted by Gasteiger charge is -2.17. The fourth-order valence-electron chi connectivity index (χ4n) is 3.01. The van der Waals surface area contributed by atoms with Crippen LogP contribution >= 0.6 is 0 Å². The van der Waals surface area contributed by atoms with E-state index in [0.717, 1.165) is 25.9 Å². The van der Waals surface area contributed by atoms with Crippen LogP contribution in [0.3, 0.4) is 0 Å². The standard InChI is InChI=1S/C16H32N2O/c1-3-5-14(8-12-17)6-7-15(19)18-13-16(9-4-2)10-11-16/h14H,3-13,17H2,1-2H3,(H,18,19). The third kappa shape index (κ3) is 6.42. The average Bonchev–Trinajstić information content (AvgIpc) is 3.15. The van der Waals surface area contributed by atoms with Gasteiger partial charge in [0.1, 0.15) is 0 Å². The molecule has 0 bridgehead atoms. The second-order valence-corrected chi connectivity index (χ2v) is 6.30. The van der Waals surface area contributed by atoms with Crippen LogP contribution < -0.4 is 11.1 Å². The Morgan fingerprint density at radius 2 is 1.95 bits per heavy atom. The van der Waals surface area contributed by atoms with Crippen molar-refractivity contribution in [2.24, 2.45) is 17.1 Å². The summed E-state index contributed by atoms with van der Waals surface area (Å²) in [6.45, 7) is 6.07. The fraction of sp³-hybridized carbons (Fsp3) is 0.938. The second kappa shape index (κ2) is 8.57. The summed E-state index contributed by atoms with van der Waals surface area (Å²) in [6, 6.07) is 0. The highest BCUT2D eigenvalue weighted by Crippen LogP contribution is 2.48. The van der Waals surface area contributed by atoms with Crippen LogP contribution in [-0.4, -0.2) is 19.0 Å². The van der Waals surface area contributed by atoms with E-state index in [1.54, 1.807) is 0 Å². The SMILES string of the molecule is CCCC(CCN)CCC(=O)NCC1(CCC)CC1. The zero-order valence-electron chi connectivity index (χ0n) is 12.8. The predicted molar refractivity (Wildman–Crippen MR) is 80.9 cm³/mol. The molecule has 0 aromatic rings. The van der Waals surface area contributed by atoms with E-state index in [4.69, 9.17) is 5.73 Å². The molecule has 1 aliphatic carbocycles. The van der Waals surface area contributed by atoms with Crippen LogP contribution in [0.2, 0.25) is 0 Å². The molecule has 112 valence electrons. The number of nitrogens with one attached hydrogen (secondary N) is 1. The molecule has 0 radical (unpaired) electrons. The Balaban J connectivity index is 2.16. The minimum Gasteiger partial charge on any atom is -0.356 e. The Hall–Kier alpha value is -0.570. The van der Waals surface area contributed by atoms with Crippen molar-refractivity contribution in [3.8, 4) is 0 Å². The van der Waals surface area contributed by atoms with Crippen molar-refractivity contribution >= 4 is 5.91 Å². The number of rotatable bonds is 11. The zero-order chi connectivity index (χ0) is 14.1.